The number of hydrogen-bond donors (Lipinski definition) is 1. The molecule has 6 nitrogen and oxygen atoms in total. The fourth-order valence-electron chi connectivity index (χ4n) is 3.70. The zero-order valence-electron chi connectivity index (χ0n) is 15.6. The molecule has 0 saturated carbocycles. The number of nitrogens with zero attached hydrogens (tertiary/aromatic N) is 3. The molecule has 0 unspecified atom stereocenters. The lowest BCUT2D eigenvalue weighted by atomic mass is 9.98. The minimum atomic E-state index is -0.348. The Morgan fingerprint density at radius 3 is 1.75 bits per heavy atom. The maximum atomic E-state index is 13.1. The number of piperazine rings is 1. The molecule has 2 aromatic carbocycles. The number of benzene rings is 2. The first kappa shape index (κ1) is 18.3. The third-order valence-corrected chi connectivity index (χ3v) is 5.52. The smallest absolute Gasteiger partial charge is 0.253 e. The molecule has 0 spiro atoms. The van der Waals surface area contributed by atoms with E-state index in [0.717, 1.165) is 37.6 Å². The van der Waals surface area contributed by atoms with Crippen molar-refractivity contribution in [3.05, 3.63) is 59.9 Å². The van der Waals surface area contributed by atoms with Gasteiger partial charge in [-0.2, -0.15) is 0 Å². The summed E-state index contributed by atoms with van der Waals surface area (Å²) in [4.78, 5) is 29.7. The van der Waals surface area contributed by atoms with Crippen LogP contribution in [0.4, 0.5) is 15.8 Å². The Bertz CT molecular complexity index is 855. The predicted octanol–water partition coefficient (Wildman–Crippen LogP) is 1.71. The molecule has 2 aliphatic heterocycles. The van der Waals surface area contributed by atoms with Crippen molar-refractivity contribution < 1.29 is 14.0 Å². The molecule has 28 heavy (non-hydrogen) atoms. The van der Waals surface area contributed by atoms with E-state index in [2.05, 4.69) is 9.80 Å². The van der Waals surface area contributed by atoms with Gasteiger partial charge in [0.05, 0.1) is 5.92 Å². The van der Waals surface area contributed by atoms with Crippen LogP contribution in [0, 0.1) is 11.7 Å². The van der Waals surface area contributed by atoms with Gasteiger partial charge in [-0.25, -0.2) is 4.39 Å². The van der Waals surface area contributed by atoms with Gasteiger partial charge in [0.2, 0.25) is 5.91 Å². The van der Waals surface area contributed by atoms with Crippen LogP contribution in [0.1, 0.15) is 10.4 Å². The quantitative estimate of drug-likeness (QED) is 0.874. The van der Waals surface area contributed by atoms with Gasteiger partial charge in [0.15, 0.2) is 0 Å². The Hall–Kier alpha value is -3.09. The second-order valence-electron chi connectivity index (χ2n) is 7.31. The average molecular weight is 382 g/mol. The van der Waals surface area contributed by atoms with Gasteiger partial charge in [-0.1, -0.05) is 0 Å². The molecule has 2 aliphatic rings. The molecular weight excluding hydrogens is 359 g/mol. The number of primary amides is 1. The molecule has 0 bridgehead atoms. The van der Waals surface area contributed by atoms with Crippen LogP contribution in [-0.4, -0.2) is 56.0 Å². The number of nitrogens with two attached hydrogens (primary N) is 1. The summed E-state index contributed by atoms with van der Waals surface area (Å²) in [7, 11) is 0. The summed E-state index contributed by atoms with van der Waals surface area (Å²) in [6.07, 6.45) is 0. The highest BCUT2D eigenvalue weighted by Crippen LogP contribution is 2.23. The second-order valence-corrected chi connectivity index (χ2v) is 7.31. The van der Waals surface area contributed by atoms with Gasteiger partial charge < -0.3 is 20.4 Å². The number of carbonyl (C=O) groups is 2. The van der Waals surface area contributed by atoms with Crippen LogP contribution in [0.2, 0.25) is 0 Å². The van der Waals surface area contributed by atoms with Crippen molar-refractivity contribution in [2.45, 2.75) is 0 Å². The summed E-state index contributed by atoms with van der Waals surface area (Å²) in [6.45, 7) is 4.24. The number of halogens is 1. The number of rotatable bonds is 4. The van der Waals surface area contributed by atoms with E-state index in [9.17, 15) is 14.0 Å². The molecule has 2 heterocycles. The molecule has 2 fully saturated rings. The maximum Gasteiger partial charge on any atom is 0.253 e. The fourth-order valence-corrected chi connectivity index (χ4v) is 3.70. The van der Waals surface area contributed by atoms with Crippen LogP contribution in [0.5, 0.6) is 0 Å². The van der Waals surface area contributed by atoms with Crippen molar-refractivity contribution >= 4 is 23.2 Å². The fraction of sp³-hybridized carbons (Fsp3) is 0.333. The molecule has 2 amide bonds. The minimum Gasteiger partial charge on any atom is -0.369 e. The van der Waals surface area contributed by atoms with Crippen molar-refractivity contribution in [3.8, 4) is 0 Å². The van der Waals surface area contributed by atoms with E-state index in [1.165, 1.54) is 12.1 Å². The predicted molar refractivity (Wildman–Crippen MR) is 106 cm³/mol. The third kappa shape index (κ3) is 3.65. The number of amides is 2. The lowest BCUT2D eigenvalue weighted by molar-refractivity contribution is -0.125. The molecule has 146 valence electrons. The Labute approximate surface area is 163 Å². The molecule has 2 saturated heterocycles. The summed E-state index contributed by atoms with van der Waals surface area (Å²) < 4.78 is 13.1. The first-order valence-electron chi connectivity index (χ1n) is 9.45. The molecular formula is C21H23FN4O2. The molecule has 0 aliphatic carbocycles. The van der Waals surface area contributed by atoms with Crippen LogP contribution < -0.4 is 15.5 Å². The first-order chi connectivity index (χ1) is 13.5. The lowest BCUT2D eigenvalue weighted by Crippen LogP contribution is -2.54. The Kier molecular flexibility index (Phi) is 4.90. The molecule has 7 heteroatoms. The monoisotopic (exact) mass is 382 g/mol. The average Bonchev–Trinajstić information content (AvgIpc) is 2.67. The Balaban J connectivity index is 1.33. The van der Waals surface area contributed by atoms with E-state index < -0.39 is 0 Å². The largest absolute Gasteiger partial charge is 0.369 e. The van der Waals surface area contributed by atoms with E-state index >= 15 is 0 Å². The highest BCUT2D eigenvalue weighted by molar-refractivity contribution is 5.96. The van der Waals surface area contributed by atoms with Crippen molar-refractivity contribution in [2.75, 3.05) is 49.1 Å². The third-order valence-electron chi connectivity index (χ3n) is 5.52. The van der Waals surface area contributed by atoms with E-state index in [1.807, 2.05) is 36.4 Å². The van der Waals surface area contributed by atoms with Crippen molar-refractivity contribution in [2.24, 2.45) is 11.7 Å². The highest BCUT2D eigenvalue weighted by Gasteiger charge is 2.34. The minimum absolute atomic E-state index is 0.0646. The van der Waals surface area contributed by atoms with E-state index in [4.69, 9.17) is 5.73 Å². The van der Waals surface area contributed by atoms with Crippen molar-refractivity contribution in [1.82, 2.24) is 4.90 Å². The summed E-state index contributed by atoms with van der Waals surface area (Å²) in [5.74, 6) is -0.856. The van der Waals surface area contributed by atoms with Gasteiger partial charge in [0.1, 0.15) is 5.82 Å². The summed E-state index contributed by atoms with van der Waals surface area (Å²) in [5.41, 5.74) is 7.98. The van der Waals surface area contributed by atoms with Gasteiger partial charge in [-0.05, 0) is 48.5 Å². The SMILES string of the molecule is NC(=O)C1CN(C(=O)c2ccc(N3CCN(c4ccc(F)cc4)CC3)cc2)C1. The summed E-state index contributed by atoms with van der Waals surface area (Å²) in [5, 5.41) is 0. The zero-order valence-corrected chi connectivity index (χ0v) is 15.6. The molecule has 2 N–H and O–H groups in total. The molecule has 0 aromatic heterocycles. The lowest BCUT2D eigenvalue weighted by Gasteiger charge is -2.38. The van der Waals surface area contributed by atoms with Crippen LogP contribution in [0.3, 0.4) is 0 Å². The van der Waals surface area contributed by atoms with Gasteiger partial charge in [-0.3, -0.25) is 9.59 Å². The van der Waals surface area contributed by atoms with Crippen LogP contribution in [-0.2, 0) is 4.79 Å². The van der Waals surface area contributed by atoms with Gasteiger partial charge in [-0.15, -0.1) is 0 Å². The normalized spacial score (nSPS) is 17.4. The molecule has 4 rings (SSSR count). The number of hydrogen-bond acceptors (Lipinski definition) is 4. The van der Waals surface area contributed by atoms with Crippen LogP contribution in [0.15, 0.2) is 48.5 Å². The topological polar surface area (TPSA) is 69.9 Å². The molecule has 2 aromatic rings. The molecule has 0 radical (unpaired) electrons. The van der Waals surface area contributed by atoms with Crippen LogP contribution >= 0.6 is 0 Å². The molecule has 0 atom stereocenters. The number of anilines is 2. The zero-order chi connectivity index (χ0) is 19.7. The van der Waals surface area contributed by atoms with Gasteiger partial charge >= 0.3 is 0 Å². The van der Waals surface area contributed by atoms with E-state index in [1.54, 1.807) is 4.90 Å². The Morgan fingerprint density at radius 2 is 1.29 bits per heavy atom. The summed E-state index contributed by atoms with van der Waals surface area (Å²) >= 11 is 0. The van der Waals surface area contributed by atoms with Crippen molar-refractivity contribution in [3.63, 3.8) is 0 Å². The summed E-state index contributed by atoms with van der Waals surface area (Å²) in [6, 6.07) is 14.2. The number of likely N-dealkylation sites (tertiary alicyclic amines) is 1. The van der Waals surface area contributed by atoms with Gasteiger partial charge in [0, 0.05) is 56.2 Å². The Morgan fingerprint density at radius 1 is 0.821 bits per heavy atom. The standard InChI is InChI=1S/C21H23FN4O2/c22-17-3-7-19(8-4-17)25-11-9-24(10-12-25)18-5-1-15(2-6-18)21(28)26-13-16(14-26)20(23)27/h1-8,16H,9-14H2,(H2,23,27). The van der Waals surface area contributed by atoms with Gasteiger partial charge in [0.25, 0.3) is 5.91 Å². The van der Waals surface area contributed by atoms with E-state index in [-0.39, 0.29) is 23.5 Å². The maximum absolute atomic E-state index is 13.1. The van der Waals surface area contributed by atoms with Crippen LogP contribution in [0.25, 0.3) is 0 Å². The first-order valence-corrected chi connectivity index (χ1v) is 9.45. The second kappa shape index (κ2) is 7.50. The number of carbonyl (C=O) groups excluding carboxylic acids is 2. The van der Waals surface area contributed by atoms with E-state index in [0.29, 0.717) is 18.7 Å². The highest BCUT2D eigenvalue weighted by atomic mass is 19.1. The van der Waals surface area contributed by atoms with Crippen molar-refractivity contribution in [1.29, 1.82) is 0 Å².